The molecule has 0 aromatic carbocycles. The van der Waals surface area contributed by atoms with Gasteiger partial charge in [0.15, 0.2) is 0 Å². The summed E-state index contributed by atoms with van der Waals surface area (Å²) in [5.74, 6) is -0.185. The molecule has 1 aliphatic rings. The number of rotatable bonds is 5. The third-order valence-electron chi connectivity index (χ3n) is 3.54. The van der Waals surface area contributed by atoms with E-state index in [0.717, 1.165) is 32.4 Å². The monoisotopic (exact) mass is 292 g/mol. The Kier molecular flexibility index (Phi) is 3.79. The minimum atomic E-state index is -0.650. The summed E-state index contributed by atoms with van der Waals surface area (Å²) in [6.45, 7) is 1.98. The van der Waals surface area contributed by atoms with Crippen LogP contribution in [0.3, 0.4) is 0 Å². The van der Waals surface area contributed by atoms with E-state index in [4.69, 9.17) is 10.3 Å². The average molecular weight is 292 g/mol. The van der Waals surface area contributed by atoms with Crippen LogP contribution >= 0.6 is 11.3 Å². The minimum absolute atomic E-state index is 0.0369. The van der Waals surface area contributed by atoms with Gasteiger partial charge in [-0.1, -0.05) is 11.2 Å². The Morgan fingerprint density at radius 3 is 3.20 bits per heavy atom. The predicted octanol–water partition coefficient (Wildman–Crippen LogP) is 1.61. The zero-order valence-electron chi connectivity index (χ0n) is 11.0. The molecule has 106 valence electrons. The van der Waals surface area contributed by atoms with Crippen molar-refractivity contribution in [1.82, 2.24) is 15.0 Å². The molecule has 1 fully saturated rings. The molecular formula is C13H16N4O2S. The molecule has 0 spiro atoms. The van der Waals surface area contributed by atoms with Crippen LogP contribution in [0.25, 0.3) is 0 Å². The summed E-state index contributed by atoms with van der Waals surface area (Å²) in [5.41, 5.74) is 5.15. The van der Waals surface area contributed by atoms with E-state index in [1.54, 1.807) is 11.3 Å². The lowest BCUT2D eigenvalue weighted by Gasteiger charge is -2.20. The van der Waals surface area contributed by atoms with Gasteiger partial charge in [0.25, 0.3) is 11.7 Å². The lowest BCUT2D eigenvalue weighted by Crippen LogP contribution is -2.26. The third kappa shape index (κ3) is 2.73. The Morgan fingerprint density at radius 2 is 2.50 bits per heavy atom. The van der Waals surface area contributed by atoms with Crippen molar-refractivity contribution >= 4 is 17.2 Å². The molecule has 0 aliphatic carbocycles. The van der Waals surface area contributed by atoms with Crippen molar-refractivity contribution in [2.45, 2.75) is 25.3 Å². The second-order valence-electron chi connectivity index (χ2n) is 4.84. The SMILES string of the molecule is NC(=O)c1noc([C@@H]2CCCN2CCc2cccs2)n1. The van der Waals surface area contributed by atoms with Gasteiger partial charge in [0.2, 0.25) is 5.89 Å². The predicted molar refractivity (Wildman–Crippen MR) is 74.4 cm³/mol. The van der Waals surface area contributed by atoms with E-state index in [-0.39, 0.29) is 11.9 Å². The third-order valence-corrected chi connectivity index (χ3v) is 4.47. The first-order valence-corrected chi connectivity index (χ1v) is 7.52. The molecule has 1 amide bonds. The second kappa shape index (κ2) is 5.72. The summed E-state index contributed by atoms with van der Waals surface area (Å²) >= 11 is 1.77. The molecule has 7 heteroatoms. The summed E-state index contributed by atoms with van der Waals surface area (Å²) < 4.78 is 5.18. The quantitative estimate of drug-likeness (QED) is 0.905. The standard InChI is InChI=1S/C13H16N4O2S/c14-11(18)12-15-13(19-16-12)10-4-1-6-17(10)7-5-9-3-2-8-20-9/h2-3,8,10H,1,4-7H2,(H2,14,18)/t10-/m0/s1. The number of likely N-dealkylation sites (tertiary alicyclic amines) is 1. The molecule has 3 rings (SSSR count). The van der Waals surface area contributed by atoms with Crippen molar-refractivity contribution in [1.29, 1.82) is 0 Å². The fourth-order valence-electron chi connectivity index (χ4n) is 2.55. The number of hydrogen-bond acceptors (Lipinski definition) is 6. The summed E-state index contributed by atoms with van der Waals surface area (Å²) in [7, 11) is 0. The maximum atomic E-state index is 11.0. The van der Waals surface area contributed by atoms with Crippen LogP contribution in [0.4, 0.5) is 0 Å². The highest BCUT2D eigenvalue weighted by atomic mass is 32.1. The van der Waals surface area contributed by atoms with Gasteiger partial charge < -0.3 is 10.3 Å². The summed E-state index contributed by atoms with van der Waals surface area (Å²) in [6, 6.07) is 4.32. The molecule has 2 N–H and O–H groups in total. The lowest BCUT2D eigenvalue weighted by molar-refractivity contribution is 0.0987. The summed E-state index contributed by atoms with van der Waals surface area (Å²) in [5, 5.41) is 5.71. The van der Waals surface area contributed by atoms with Gasteiger partial charge >= 0.3 is 0 Å². The smallest absolute Gasteiger partial charge is 0.290 e. The van der Waals surface area contributed by atoms with Crippen LogP contribution in [-0.2, 0) is 6.42 Å². The first-order chi connectivity index (χ1) is 9.74. The maximum absolute atomic E-state index is 11.0. The lowest BCUT2D eigenvalue weighted by atomic mass is 10.2. The van der Waals surface area contributed by atoms with Gasteiger partial charge in [0.1, 0.15) is 0 Å². The summed E-state index contributed by atoms with van der Waals surface area (Å²) in [4.78, 5) is 18.8. The molecule has 1 aliphatic heterocycles. The number of carbonyl (C=O) groups excluding carboxylic acids is 1. The summed E-state index contributed by atoms with van der Waals surface area (Å²) in [6.07, 6.45) is 3.10. The molecule has 0 unspecified atom stereocenters. The number of primary amides is 1. The number of aromatic nitrogens is 2. The molecule has 1 saturated heterocycles. The van der Waals surface area contributed by atoms with Crippen LogP contribution in [0.2, 0.25) is 0 Å². The van der Waals surface area contributed by atoms with Crippen molar-refractivity contribution in [3.63, 3.8) is 0 Å². The molecule has 0 saturated carbocycles. The van der Waals surface area contributed by atoms with Crippen LogP contribution in [0, 0.1) is 0 Å². The van der Waals surface area contributed by atoms with Crippen molar-refractivity contribution in [2.24, 2.45) is 5.73 Å². The van der Waals surface area contributed by atoms with E-state index in [0.29, 0.717) is 5.89 Å². The zero-order chi connectivity index (χ0) is 13.9. The fourth-order valence-corrected chi connectivity index (χ4v) is 3.25. The molecule has 0 radical (unpaired) electrons. The normalized spacial score (nSPS) is 19.5. The maximum Gasteiger partial charge on any atom is 0.290 e. The van der Waals surface area contributed by atoms with E-state index in [2.05, 4.69) is 32.6 Å². The van der Waals surface area contributed by atoms with Gasteiger partial charge in [-0.25, -0.2) is 0 Å². The van der Waals surface area contributed by atoms with E-state index in [9.17, 15) is 4.79 Å². The van der Waals surface area contributed by atoms with Gasteiger partial charge in [-0.2, -0.15) is 4.98 Å². The van der Waals surface area contributed by atoms with Crippen LogP contribution in [0.15, 0.2) is 22.0 Å². The van der Waals surface area contributed by atoms with Crippen molar-refractivity contribution in [3.05, 3.63) is 34.1 Å². The Labute approximate surface area is 120 Å². The Hall–Kier alpha value is -1.73. The van der Waals surface area contributed by atoms with Gasteiger partial charge in [-0.05, 0) is 37.3 Å². The van der Waals surface area contributed by atoms with E-state index in [1.165, 1.54) is 4.88 Å². The van der Waals surface area contributed by atoms with Crippen molar-refractivity contribution in [2.75, 3.05) is 13.1 Å². The molecule has 1 atom stereocenters. The molecule has 20 heavy (non-hydrogen) atoms. The topological polar surface area (TPSA) is 85.2 Å². The number of nitrogens with two attached hydrogens (primary N) is 1. The highest BCUT2D eigenvalue weighted by Gasteiger charge is 2.30. The number of nitrogens with zero attached hydrogens (tertiary/aromatic N) is 3. The van der Waals surface area contributed by atoms with Crippen molar-refractivity contribution in [3.8, 4) is 0 Å². The number of thiophene rings is 1. The zero-order valence-corrected chi connectivity index (χ0v) is 11.8. The average Bonchev–Trinajstić information content (AvgIpc) is 3.17. The molecule has 2 aromatic heterocycles. The number of hydrogen-bond donors (Lipinski definition) is 1. The van der Waals surface area contributed by atoms with Crippen LogP contribution < -0.4 is 5.73 Å². The van der Waals surface area contributed by atoms with E-state index in [1.807, 2.05) is 0 Å². The molecule has 3 heterocycles. The first-order valence-electron chi connectivity index (χ1n) is 6.64. The molecular weight excluding hydrogens is 276 g/mol. The Balaban J connectivity index is 1.66. The van der Waals surface area contributed by atoms with Gasteiger partial charge in [0, 0.05) is 11.4 Å². The van der Waals surface area contributed by atoms with Crippen LogP contribution in [0.1, 0.15) is 40.3 Å². The highest BCUT2D eigenvalue weighted by molar-refractivity contribution is 7.09. The minimum Gasteiger partial charge on any atom is -0.363 e. The number of carbonyl (C=O) groups is 1. The van der Waals surface area contributed by atoms with Crippen LogP contribution in [0.5, 0.6) is 0 Å². The Morgan fingerprint density at radius 1 is 1.60 bits per heavy atom. The van der Waals surface area contributed by atoms with E-state index >= 15 is 0 Å². The molecule has 0 bridgehead atoms. The first kappa shape index (κ1) is 13.3. The van der Waals surface area contributed by atoms with E-state index < -0.39 is 5.91 Å². The van der Waals surface area contributed by atoms with Gasteiger partial charge in [0.05, 0.1) is 6.04 Å². The van der Waals surface area contributed by atoms with Gasteiger partial charge in [-0.15, -0.1) is 11.3 Å². The largest absolute Gasteiger partial charge is 0.363 e. The van der Waals surface area contributed by atoms with Crippen molar-refractivity contribution < 1.29 is 9.32 Å². The van der Waals surface area contributed by atoms with Crippen LogP contribution in [-0.4, -0.2) is 34.0 Å². The second-order valence-corrected chi connectivity index (χ2v) is 5.88. The molecule has 6 nitrogen and oxygen atoms in total. The number of amides is 1. The van der Waals surface area contributed by atoms with Gasteiger partial charge in [-0.3, -0.25) is 9.69 Å². The fraction of sp³-hybridized carbons (Fsp3) is 0.462. The Bertz CT molecular complexity index is 581. The highest BCUT2D eigenvalue weighted by Crippen LogP contribution is 2.31. The molecule has 2 aromatic rings.